The molecule has 0 atom stereocenters. The first kappa shape index (κ1) is 13.7. The molecule has 0 unspecified atom stereocenters. The van der Waals surface area contributed by atoms with Gasteiger partial charge in [-0.15, -0.1) is 10.2 Å². The van der Waals surface area contributed by atoms with Crippen molar-refractivity contribution in [1.29, 1.82) is 0 Å². The van der Waals surface area contributed by atoms with Gasteiger partial charge in [-0.1, -0.05) is 0 Å². The number of hydrogen-bond donors (Lipinski definition) is 1. The number of nitrogens with zero attached hydrogens (tertiary/aromatic N) is 5. The van der Waals surface area contributed by atoms with E-state index < -0.39 is 0 Å². The molecule has 21 heavy (non-hydrogen) atoms. The van der Waals surface area contributed by atoms with Crippen LogP contribution in [0.1, 0.15) is 11.8 Å². The average Bonchev–Trinajstić information content (AvgIpc) is 3.03. The van der Waals surface area contributed by atoms with Crippen molar-refractivity contribution in [1.82, 2.24) is 29.9 Å². The molecule has 110 valence electrons. The van der Waals surface area contributed by atoms with Crippen LogP contribution in [0.4, 0.5) is 0 Å². The zero-order valence-corrected chi connectivity index (χ0v) is 11.8. The van der Waals surface area contributed by atoms with E-state index in [2.05, 4.69) is 25.3 Å². The second kappa shape index (κ2) is 5.62. The summed E-state index contributed by atoms with van der Waals surface area (Å²) in [6, 6.07) is 0. The number of aromatic amines is 1. The predicted molar refractivity (Wildman–Crippen MR) is 71.9 cm³/mol. The van der Waals surface area contributed by atoms with E-state index >= 15 is 0 Å². The van der Waals surface area contributed by atoms with E-state index in [0.717, 1.165) is 0 Å². The Balaban J connectivity index is 1.80. The van der Waals surface area contributed by atoms with Gasteiger partial charge in [0.1, 0.15) is 12.1 Å². The molecule has 0 aliphatic rings. The van der Waals surface area contributed by atoms with E-state index in [1.807, 2.05) is 0 Å². The van der Waals surface area contributed by atoms with Gasteiger partial charge in [-0.05, 0) is 11.6 Å². The SMILES string of the molecule is COCc1nnc(CCn2ncc3nc(Cl)[nH]c(=O)c32)o1. The smallest absolute Gasteiger partial charge is 0.278 e. The molecule has 3 aromatic heterocycles. The van der Waals surface area contributed by atoms with Gasteiger partial charge in [-0.25, -0.2) is 4.98 Å². The molecule has 0 amide bonds. The number of rotatable bonds is 5. The fraction of sp³-hybridized carbons (Fsp3) is 0.364. The molecule has 0 aromatic carbocycles. The van der Waals surface area contributed by atoms with E-state index in [9.17, 15) is 4.79 Å². The number of ether oxygens (including phenoxy) is 1. The number of aromatic nitrogens is 6. The standard InChI is InChI=1S/C11H11ClN6O3/c1-20-5-8-17-16-7(21-8)2-3-18-9-6(4-13-18)14-11(12)15-10(9)19/h4H,2-3,5H2,1H3,(H,14,15,19). The molecule has 3 aromatic rings. The monoisotopic (exact) mass is 310 g/mol. The molecule has 0 radical (unpaired) electrons. The summed E-state index contributed by atoms with van der Waals surface area (Å²) in [6.45, 7) is 0.671. The van der Waals surface area contributed by atoms with Gasteiger partial charge >= 0.3 is 0 Å². The van der Waals surface area contributed by atoms with Crippen LogP contribution in [0.15, 0.2) is 15.4 Å². The lowest BCUT2D eigenvalue weighted by Gasteiger charge is -2.00. The Morgan fingerprint density at radius 2 is 2.24 bits per heavy atom. The highest BCUT2D eigenvalue weighted by Crippen LogP contribution is 2.10. The lowest BCUT2D eigenvalue weighted by molar-refractivity contribution is 0.158. The molecule has 0 saturated heterocycles. The maximum absolute atomic E-state index is 11.9. The van der Waals surface area contributed by atoms with E-state index in [0.29, 0.717) is 35.8 Å². The summed E-state index contributed by atoms with van der Waals surface area (Å²) in [5.41, 5.74) is 0.457. The Morgan fingerprint density at radius 1 is 1.43 bits per heavy atom. The normalized spacial score (nSPS) is 11.3. The lowest BCUT2D eigenvalue weighted by Crippen LogP contribution is -2.14. The Bertz CT molecular complexity index is 823. The van der Waals surface area contributed by atoms with E-state index in [1.165, 1.54) is 10.9 Å². The number of methoxy groups -OCH3 is 1. The molecule has 0 spiro atoms. The number of hydrogen-bond acceptors (Lipinski definition) is 7. The third kappa shape index (κ3) is 2.78. The van der Waals surface area contributed by atoms with Crippen LogP contribution in [0.25, 0.3) is 11.0 Å². The first-order valence-corrected chi connectivity index (χ1v) is 6.46. The zero-order valence-electron chi connectivity index (χ0n) is 11.0. The molecule has 1 N–H and O–H groups in total. The van der Waals surface area contributed by atoms with E-state index in [4.69, 9.17) is 20.8 Å². The van der Waals surface area contributed by atoms with Gasteiger partial charge in [0, 0.05) is 13.5 Å². The number of fused-ring (bicyclic) bond motifs is 1. The van der Waals surface area contributed by atoms with Crippen LogP contribution in [0.5, 0.6) is 0 Å². The fourth-order valence-corrected chi connectivity index (χ4v) is 2.10. The van der Waals surface area contributed by atoms with Gasteiger partial charge in [-0.3, -0.25) is 14.5 Å². The maximum Gasteiger partial charge on any atom is 0.278 e. The number of aryl methyl sites for hydroxylation is 2. The predicted octanol–water partition coefficient (Wildman–Crippen LogP) is 0.545. The second-order valence-electron chi connectivity index (χ2n) is 4.23. The summed E-state index contributed by atoms with van der Waals surface area (Å²) in [7, 11) is 1.55. The summed E-state index contributed by atoms with van der Waals surface area (Å²) >= 11 is 5.69. The van der Waals surface area contributed by atoms with Crippen molar-refractivity contribution in [3.63, 3.8) is 0 Å². The van der Waals surface area contributed by atoms with Gasteiger partial charge in [-0.2, -0.15) is 5.10 Å². The van der Waals surface area contributed by atoms with Gasteiger partial charge in [0.15, 0.2) is 5.52 Å². The highest BCUT2D eigenvalue weighted by Gasteiger charge is 2.11. The minimum Gasteiger partial charge on any atom is -0.423 e. The Morgan fingerprint density at radius 3 is 3.05 bits per heavy atom. The van der Waals surface area contributed by atoms with Crippen LogP contribution in [-0.2, 0) is 24.3 Å². The first-order chi connectivity index (χ1) is 10.2. The van der Waals surface area contributed by atoms with Crippen LogP contribution in [-0.4, -0.2) is 37.1 Å². The topological polar surface area (TPSA) is 112 Å². The number of nitrogens with one attached hydrogen (secondary N) is 1. The van der Waals surface area contributed by atoms with E-state index in [1.54, 1.807) is 7.11 Å². The van der Waals surface area contributed by atoms with Crippen LogP contribution in [0, 0.1) is 0 Å². The van der Waals surface area contributed by atoms with Crippen molar-refractivity contribution < 1.29 is 9.15 Å². The highest BCUT2D eigenvalue weighted by molar-refractivity contribution is 6.28. The molecule has 0 bridgehead atoms. The minimum absolute atomic E-state index is 0.0353. The lowest BCUT2D eigenvalue weighted by atomic mass is 10.4. The molecule has 3 heterocycles. The van der Waals surface area contributed by atoms with Crippen LogP contribution >= 0.6 is 11.6 Å². The van der Waals surface area contributed by atoms with Crippen LogP contribution in [0.3, 0.4) is 0 Å². The Hall–Kier alpha value is -2.26. The minimum atomic E-state index is -0.340. The Labute approximate surface area is 122 Å². The van der Waals surface area contributed by atoms with Gasteiger partial charge in [0.25, 0.3) is 5.56 Å². The quantitative estimate of drug-likeness (QED) is 0.685. The number of H-pyrrole nitrogens is 1. The zero-order chi connectivity index (χ0) is 14.8. The summed E-state index contributed by atoms with van der Waals surface area (Å²) in [5, 5.41) is 11.9. The van der Waals surface area contributed by atoms with Crippen molar-refractivity contribution in [3.8, 4) is 0 Å². The Kier molecular flexibility index (Phi) is 3.67. The summed E-state index contributed by atoms with van der Waals surface area (Å²) < 4.78 is 11.8. The molecule has 0 fully saturated rings. The van der Waals surface area contributed by atoms with Crippen LogP contribution in [0.2, 0.25) is 5.28 Å². The molecule has 0 aliphatic carbocycles. The molecular formula is C11H11ClN6O3. The second-order valence-corrected chi connectivity index (χ2v) is 4.59. The molecule has 0 saturated carbocycles. The van der Waals surface area contributed by atoms with Gasteiger partial charge < -0.3 is 9.15 Å². The summed E-state index contributed by atoms with van der Waals surface area (Å²) in [5.74, 6) is 0.855. The molecule has 9 nitrogen and oxygen atoms in total. The molecule has 3 rings (SSSR count). The highest BCUT2D eigenvalue weighted by atomic mass is 35.5. The summed E-state index contributed by atoms with van der Waals surface area (Å²) in [4.78, 5) is 18.3. The molecule has 10 heteroatoms. The average molecular weight is 311 g/mol. The van der Waals surface area contributed by atoms with Crippen molar-refractivity contribution in [2.45, 2.75) is 19.6 Å². The maximum atomic E-state index is 11.9. The third-order valence-electron chi connectivity index (χ3n) is 2.78. The van der Waals surface area contributed by atoms with E-state index in [-0.39, 0.29) is 17.4 Å². The fourth-order valence-electron chi connectivity index (χ4n) is 1.92. The van der Waals surface area contributed by atoms with Gasteiger partial charge in [0.2, 0.25) is 17.1 Å². The van der Waals surface area contributed by atoms with Crippen molar-refractivity contribution >= 4 is 22.6 Å². The summed E-state index contributed by atoms with van der Waals surface area (Å²) in [6.07, 6.45) is 1.93. The largest absolute Gasteiger partial charge is 0.423 e. The van der Waals surface area contributed by atoms with Crippen molar-refractivity contribution in [2.75, 3.05) is 7.11 Å². The number of halogens is 1. The molecular weight excluding hydrogens is 300 g/mol. The van der Waals surface area contributed by atoms with Crippen LogP contribution < -0.4 is 5.56 Å². The molecule has 0 aliphatic heterocycles. The van der Waals surface area contributed by atoms with Gasteiger partial charge in [0.05, 0.1) is 12.7 Å². The first-order valence-electron chi connectivity index (χ1n) is 6.09. The van der Waals surface area contributed by atoms with Crippen molar-refractivity contribution in [2.24, 2.45) is 0 Å². The van der Waals surface area contributed by atoms with Crippen molar-refractivity contribution in [3.05, 3.63) is 33.6 Å². The third-order valence-corrected chi connectivity index (χ3v) is 2.96.